The summed E-state index contributed by atoms with van der Waals surface area (Å²) in [6.45, 7) is 3.87. The monoisotopic (exact) mass is 312 g/mol. The Hall–Kier alpha value is -1.32. The minimum Gasteiger partial charge on any atom is -0.508 e. The van der Waals surface area contributed by atoms with Crippen molar-refractivity contribution in [1.82, 2.24) is 0 Å². The second kappa shape index (κ2) is 4.61. The maximum absolute atomic E-state index is 9.76. The summed E-state index contributed by atoms with van der Waals surface area (Å²) in [5, 5.41) is 9.76. The molecule has 0 aromatic heterocycles. The Kier molecular flexibility index (Phi) is 2.82. The molecular weight excluding hydrogens is 288 g/mol. The van der Waals surface area contributed by atoms with Gasteiger partial charge in [0.15, 0.2) is 5.79 Å². The van der Waals surface area contributed by atoms with Crippen molar-refractivity contribution in [3.63, 3.8) is 0 Å². The SMILES string of the molecule is C[C@]12CC[C@H]3C(=CCc4cc(O)ccc43)[C@@H]1CCC21OCCO1. The molecule has 3 heteroatoms. The van der Waals surface area contributed by atoms with Gasteiger partial charge in [0.1, 0.15) is 5.75 Å². The zero-order valence-electron chi connectivity index (χ0n) is 13.7. The van der Waals surface area contributed by atoms with Gasteiger partial charge in [-0.1, -0.05) is 24.6 Å². The summed E-state index contributed by atoms with van der Waals surface area (Å²) in [5.41, 5.74) is 4.44. The standard InChI is InChI=1S/C20H24O3/c1-19-8-6-16-15-5-3-14(21)12-13(15)2-4-17(16)18(19)7-9-20(19)22-10-11-23-20/h3-5,12,16,18,21H,2,6-11H2,1H3/t16-,18+,19+/m1/s1. The molecule has 1 N–H and O–H groups in total. The maximum atomic E-state index is 9.76. The number of hydrogen-bond donors (Lipinski definition) is 1. The predicted octanol–water partition coefficient (Wildman–Crippen LogP) is 3.91. The Morgan fingerprint density at radius 1 is 1.13 bits per heavy atom. The van der Waals surface area contributed by atoms with Gasteiger partial charge in [0, 0.05) is 17.8 Å². The number of aromatic hydroxyl groups is 1. The molecule has 23 heavy (non-hydrogen) atoms. The van der Waals surface area contributed by atoms with E-state index in [1.165, 1.54) is 17.5 Å². The summed E-state index contributed by atoms with van der Waals surface area (Å²) >= 11 is 0. The van der Waals surface area contributed by atoms with Gasteiger partial charge in [-0.3, -0.25) is 0 Å². The van der Waals surface area contributed by atoms with Crippen LogP contribution in [-0.4, -0.2) is 24.1 Å². The van der Waals surface area contributed by atoms with Gasteiger partial charge in [-0.25, -0.2) is 0 Å². The fourth-order valence-electron chi connectivity index (χ4n) is 5.84. The third-order valence-corrected chi connectivity index (χ3v) is 6.97. The first-order valence-corrected chi connectivity index (χ1v) is 8.93. The highest BCUT2D eigenvalue weighted by atomic mass is 16.7. The van der Waals surface area contributed by atoms with Gasteiger partial charge in [0.25, 0.3) is 0 Å². The van der Waals surface area contributed by atoms with E-state index in [0.29, 0.717) is 17.6 Å². The highest BCUT2D eigenvalue weighted by molar-refractivity contribution is 5.47. The van der Waals surface area contributed by atoms with Crippen LogP contribution in [0.15, 0.2) is 29.8 Å². The van der Waals surface area contributed by atoms with E-state index in [-0.39, 0.29) is 11.2 Å². The van der Waals surface area contributed by atoms with E-state index >= 15 is 0 Å². The molecule has 0 bridgehead atoms. The average molecular weight is 312 g/mol. The number of rotatable bonds is 0. The van der Waals surface area contributed by atoms with E-state index in [1.54, 1.807) is 5.57 Å². The first-order chi connectivity index (χ1) is 11.1. The Labute approximate surface area is 137 Å². The summed E-state index contributed by atoms with van der Waals surface area (Å²) < 4.78 is 12.3. The minimum absolute atomic E-state index is 0.111. The topological polar surface area (TPSA) is 38.7 Å². The van der Waals surface area contributed by atoms with Crippen molar-refractivity contribution in [2.75, 3.05) is 13.2 Å². The number of fused-ring (bicyclic) bond motifs is 6. The average Bonchev–Trinajstić information content (AvgIpc) is 3.14. The second-order valence-electron chi connectivity index (χ2n) is 7.84. The molecule has 1 aromatic rings. The Morgan fingerprint density at radius 3 is 2.78 bits per heavy atom. The molecule has 5 rings (SSSR count). The molecule has 1 heterocycles. The number of ether oxygens (including phenoxy) is 2. The Morgan fingerprint density at radius 2 is 1.96 bits per heavy atom. The van der Waals surface area contributed by atoms with Crippen LogP contribution < -0.4 is 0 Å². The van der Waals surface area contributed by atoms with Gasteiger partial charge < -0.3 is 14.6 Å². The molecule has 1 aliphatic heterocycles. The molecule has 0 unspecified atom stereocenters. The zero-order chi connectivity index (χ0) is 15.7. The van der Waals surface area contributed by atoms with Gasteiger partial charge in [0.05, 0.1) is 13.2 Å². The highest BCUT2D eigenvalue weighted by Gasteiger charge is 2.63. The molecule has 3 atom stereocenters. The van der Waals surface area contributed by atoms with Crippen molar-refractivity contribution in [3.05, 3.63) is 41.0 Å². The molecule has 1 saturated heterocycles. The fourth-order valence-corrected chi connectivity index (χ4v) is 5.84. The molecule has 4 aliphatic rings. The first kappa shape index (κ1) is 14.1. The summed E-state index contributed by atoms with van der Waals surface area (Å²) in [6.07, 6.45) is 7.89. The third-order valence-electron chi connectivity index (χ3n) is 6.97. The van der Waals surface area contributed by atoms with E-state index in [9.17, 15) is 5.11 Å². The quantitative estimate of drug-likeness (QED) is 0.738. The second-order valence-corrected chi connectivity index (χ2v) is 7.84. The summed E-state index contributed by atoms with van der Waals surface area (Å²) in [7, 11) is 0. The van der Waals surface area contributed by atoms with Crippen LogP contribution in [0.3, 0.4) is 0 Å². The lowest BCUT2D eigenvalue weighted by Crippen LogP contribution is -2.49. The molecule has 3 nitrogen and oxygen atoms in total. The molecule has 2 saturated carbocycles. The molecule has 3 aliphatic carbocycles. The molecule has 3 fully saturated rings. The lowest BCUT2D eigenvalue weighted by molar-refractivity contribution is -0.227. The first-order valence-electron chi connectivity index (χ1n) is 8.93. The molecule has 122 valence electrons. The van der Waals surface area contributed by atoms with E-state index in [4.69, 9.17) is 9.47 Å². The molecule has 0 radical (unpaired) electrons. The summed E-state index contributed by atoms with van der Waals surface area (Å²) in [6, 6.07) is 5.92. The van der Waals surface area contributed by atoms with Crippen LogP contribution in [0.2, 0.25) is 0 Å². The maximum Gasteiger partial charge on any atom is 0.174 e. The smallest absolute Gasteiger partial charge is 0.174 e. The van der Waals surface area contributed by atoms with Crippen molar-refractivity contribution < 1.29 is 14.6 Å². The van der Waals surface area contributed by atoms with Crippen molar-refractivity contribution in [2.24, 2.45) is 11.3 Å². The van der Waals surface area contributed by atoms with Crippen LogP contribution in [0.1, 0.15) is 49.7 Å². The summed E-state index contributed by atoms with van der Waals surface area (Å²) in [4.78, 5) is 0. The van der Waals surface area contributed by atoms with E-state index < -0.39 is 0 Å². The normalized spacial score (nSPS) is 37.2. The molecular formula is C20H24O3. The van der Waals surface area contributed by atoms with Crippen molar-refractivity contribution >= 4 is 0 Å². The van der Waals surface area contributed by atoms with Crippen LogP contribution >= 0.6 is 0 Å². The lowest BCUT2D eigenvalue weighted by Gasteiger charge is -2.49. The molecule has 1 spiro atoms. The number of benzene rings is 1. The largest absolute Gasteiger partial charge is 0.508 e. The van der Waals surface area contributed by atoms with Gasteiger partial charge >= 0.3 is 0 Å². The molecule has 0 amide bonds. The highest BCUT2D eigenvalue weighted by Crippen LogP contribution is 2.65. The van der Waals surface area contributed by atoms with E-state index in [0.717, 1.165) is 38.9 Å². The fraction of sp³-hybridized carbons (Fsp3) is 0.600. The van der Waals surface area contributed by atoms with E-state index in [1.807, 2.05) is 12.1 Å². The van der Waals surface area contributed by atoms with Gasteiger partial charge in [-0.05, 0) is 54.9 Å². The summed E-state index contributed by atoms with van der Waals surface area (Å²) in [5.74, 6) is 1.14. The number of hydrogen-bond acceptors (Lipinski definition) is 3. The van der Waals surface area contributed by atoms with Crippen LogP contribution in [0.4, 0.5) is 0 Å². The Bertz CT molecular complexity index is 686. The zero-order valence-corrected chi connectivity index (χ0v) is 13.7. The number of allylic oxidation sites excluding steroid dienone is 2. The van der Waals surface area contributed by atoms with Gasteiger partial charge in [-0.2, -0.15) is 0 Å². The number of phenolic OH excluding ortho intramolecular Hbond substituents is 1. The van der Waals surface area contributed by atoms with Crippen LogP contribution in [-0.2, 0) is 15.9 Å². The predicted molar refractivity (Wildman–Crippen MR) is 87.3 cm³/mol. The Balaban J connectivity index is 1.55. The minimum atomic E-state index is -0.335. The third kappa shape index (κ3) is 1.72. The van der Waals surface area contributed by atoms with Crippen LogP contribution in [0.25, 0.3) is 0 Å². The lowest BCUT2D eigenvalue weighted by atomic mass is 9.59. The van der Waals surface area contributed by atoms with Crippen LogP contribution in [0, 0.1) is 11.3 Å². The van der Waals surface area contributed by atoms with Gasteiger partial charge in [0.2, 0.25) is 0 Å². The van der Waals surface area contributed by atoms with Crippen molar-refractivity contribution in [2.45, 2.75) is 50.7 Å². The van der Waals surface area contributed by atoms with Crippen molar-refractivity contribution in [3.8, 4) is 5.75 Å². The number of phenols is 1. The molecule has 1 aromatic carbocycles. The van der Waals surface area contributed by atoms with Crippen molar-refractivity contribution in [1.29, 1.82) is 0 Å². The van der Waals surface area contributed by atoms with Crippen LogP contribution in [0.5, 0.6) is 5.75 Å². The van der Waals surface area contributed by atoms with E-state index in [2.05, 4.69) is 19.1 Å². The van der Waals surface area contributed by atoms with Gasteiger partial charge in [-0.15, -0.1) is 0 Å².